The van der Waals surface area contributed by atoms with Crippen molar-refractivity contribution < 1.29 is 9.59 Å². The zero-order valence-electron chi connectivity index (χ0n) is 13.9. The Morgan fingerprint density at radius 3 is 2.55 bits per heavy atom. The minimum Gasteiger partial charge on any atom is -0.353 e. The van der Waals surface area contributed by atoms with Crippen LogP contribution in [0.3, 0.4) is 0 Å². The smallest absolute Gasteiger partial charge is 0.220 e. The van der Waals surface area contributed by atoms with Gasteiger partial charge in [0.15, 0.2) is 0 Å². The number of piperidine rings is 1. The first-order valence-electron chi connectivity index (χ1n) is 9.24. The lowest BCUT2D eigenvalue weighted by atomic mass is 9.47. The Morgan fingerprint density at radius 2 is 1.77 bits per heavy atom. The van der Waals surface area contributed by atoms with E-state index >= 15 is 0 Å². The van der Waals surface area contributed by atoms with Crippen molar-refractivity contribution in [1.29, 1.82) is 0 Å². The number of amides is 1. The largest absolute Gasteiger partial charge is 0.353 e. The topological polar surface area (TPSA) is 46.2 Å². The highest BCUT2D eigenvalue weighted by atomic mass is 16.1. The van der Waals surface area contributed by atoms with Crippen molar-refractivity contribution >= 4 is 12.2 Å². The zero-order valence-corrected chi connectivity index (χ0v) is 13.9. The van der Waals surface area contributed by atoms with E-state index in [1.54, 1.807) is 0 Å². The number of rotatable bonds is 1. The third-order valence-electron chi connectivity index (χ3n) is 8.33. The monoisotopic (exact) mass is 303 g/mol. The van der Waals surface area contributed by atoms with Crippen LogP contribution in [0.5, 0.6) is 0 Å². The van der Waals surface area contributed by atoms with Crippen molar-refractivity contribution in [2.24, 2.45) is 34.5 Å². The summed E-state index contributed by atoms with van der Waals surface area (Å²) in [5.74, 6) is 2.80. The first-order valence-corrected chi connectivity index (χ1v) is 9.24. The van der Waals surface area contributed by atoms with Crippen molar-refractivity contribution in [2.45, 2.75) is 71.3 Å². The summed E-state index contributed by atoms with van der Waals surface area (Å²) >= 11 is 0. The molecule has 1 aliphatic heterocycles. The van der Waals surface area contributed by atoms with E-state index < -0.39 is 0 Å². The highest BCUT2D eigenvalue weighted by Gasteiger charge is 2.60. The van der Waals surface area contributed by atoms with Crippen LogP contribution in [0.2, 0.25) is 0 Å². The Morgan fingerprint density at radius 1 is 1.00 bits per heavy atom. The summed E-state index contributed by atoms with van der Waals surface area (Å²) in [6.45, 7) is 4.82. The number of hydrogen-bond acceptors (Lipinski definition) is 2. The van der Waals surface area contributed by atoms with Gasteiger partial charge in [0.25, 0.3) is 0 Å². The molecule has 3 saturated carbocycles. The molecule has 122 valence electrons. The Labute approximate surface area is 133 Å². The van der Waals surface area contributed by atoms with Crippen molar-refractivity contribution in [3.05, 3.63) is 0 Å². The molecule has 0 radical (unpaired) electrons. The summed E-state index contributed by atoms with van der Waals surface area (Å²) in [4.78, 5) is 23.3. The molecule has 22 heavy (non-hydrogen) atoms. The fraction of sp³-hybridized carbons (Fsp3) is 0.895. The molecule has 0 spiro atoms. The van der Waals surface area contributed by atoms with Crippen molar-refractivity contribution in [2.75, 3.05) is 0 Å². The number of fused-ring (bicyclic) bond motifs is 5. The quantitative estimate of drug-likeness (QED) is 0.755. The van der Waals surface area contributed by atoms with Gasteiger partial charge in [-0.3, -0.25) is 4.79 Å². The molecule has 3 nitrogen and oxygen atoms in total. The second kappa shape index (κ2) is 4.82. The maximum atomic E-state index is 11.8. The summed E-state index contributed by atoms with van der Waals surface area (Å²) in [5, 5.41) is 3.29. The van der Waals surface area contributed by atoms with E-state index in [1.807, 2.05) is 0 Å². The Hall–Kier alpha value is -0.860. The normalized spacial score (nSPS) is 53.9. The highest BCUT2D eigenvalue weighted by Crippen LogP contribution is 2.65. The summed E-state index contributed by atoms with van der Waals surface area (Å²) in [5.41, 5.74) is 0.543. The van der Waals surface area contributed by atoms with Crippen LogP contribution >= 0.6 is 0 Å². The van der Waals surface area contributed by atoms with Gasteiger partial charge >= 0.3 is 0 Å². The number of carbonyl (C=O) groups is 2. The molecule has 3 aliphatic carbocycles. The molecule has 1 heterocycles. The Kier molecular flexibility index (Phi) is 3.22. The summed E-state index contributed by atoms with van der Waals surface area (Å²) < 4.78 is 0. The summed E-state index contributed by atoms with van der Waals surface area (Å²) in [6, 6.07) is 0.391. The predicted octanol–water partition coefficient (Wildman–Crippen LogP) is 3.32. The summed E-state index contributed by atoms with van der Waals surface area (Å²) in [6.07, 6.45) is 10.2. The third-order valence-corrected chi connectivity index (χ3v) is 8.33. The molecule has 4 aliphatic rings. The maximum Gasteiger partial charge on any atom is 0.220 e. The van der Waals surface area contributed by atoms with E-state index in [9.17, 15) is 9.59 Å². The lowest BCUT2D eigenvalue weighted by Crippen LogP contribution is -2.61. The van der Waals surface area contributed by atoms with Crippen LogP contribution in [0, 0.1) is 34.5 Å². The highest BCUT2D eigenvalue weighted by molar-refractivity contribution is 5.77. The van der Waals surface area contributed by atoms with Gasteiger partial charge in [-0.25, -0.2) is 0 Å². The van der Waals surface area contributed by atoms with E-state index in [4.69, 9.17) is 0 Å². The lowest BCUT2D eigenvalue weighted by molar-refractivity contribution is -0.138. The second-order valence-electron chi connectivity index (χ2n) is 8.94. The molecule has 3 heteroatoms. The lowest BCUT2D eigenvalue weighted by Gasteiger charge is -2.60. The molecule has 4 rings (SSSR count). The number of aldehydes is 1. The average molecular weight is 303 g/mol. The third kappa shape index (κ3) is 1.80. The van der Waals surface area contributed by atoms with Crippen LogP contribution in [0.4, 0.5) is 0 Å². The van der Waals surface area contributed by atoms with Crippen LogP contribution in [0.15, 0.2) is 0 Å². The number of nitrogens with one attached hydrogen (secondary N) is 1. The standard InChI is InChI=1S/C19H29NO2/c1-18-9-7-15-13(14(18)5-3-12(18)11-21)4-6-16-19(15,2)10-8-17(22)20-16/h11-16H,3-10H2,1-2H3,(H,20,22). The van der Waals surface area contributed by atoms with E-state index in [0.717, 1.165) is 37.0 Å². The maximum absolute atomic E-state index is 11.8. The molecular formula is C19H29NO2. The van der Waals surface area contributed by atoms with Gasteiger partial charge in [-0.2, -0.15) is 0 Å². The fourth-order valence-corrected chi connectivity index (χ4v) is 6.97. The van der Waals surface area contributed by atoms with Crippen LogP contribution in [-0.2, 0) is 9.59 Å². The molecule has 4 fully saturated rings. The van der Waals surface area contributed by atoms with Gasteiger partial charge in [0.2, 0.25) is 5.91 Å². The molecule has 0 aromatic rings. The zero-order chi connectivity index (χ0) is 15.5. The Balaban J connectivity index is 1.63. The van der Waals surface area contributed by atoms with Crippen LogP contribution in [0.1, 0.15) is 65.2 Å². The Bertz CT molecular complexity index is 504. The molecule has 0 bridgehead atoms. The van der Waals surface area contributed by atoms with E-state index in [0.29, 0.717) is 12.5 Å². The van der Waals surface area contributed by atoms with E-state index in [1.165, 1.54) is 32.0 Å². The molecule has 0 aromatic carbocycles. The molecule has 0 aromatic heterocycles. The molecule has 7 unspecified atom stereocenters. The van der Waals surface area contributed by atoms with Crippen LogP contribution in [-0.4, -0.2) is 18.2 Å². The van der Waals surface area contributed by atoms with Gasteiger partial charge in [0.05, 0.1) is 0 Å². The van der Waals surface area contributed by atoms with Gasteiger partial charge in [-0.15, -0.1) is 0 Å². The SMILES string of the molecule is CC12CCC3C(CCC4NC(=O)CCC43C)C1CCC2C=O. The van der Waals surface area contributed by atoms with E-state index in [-0.39, 0.29) is 22.7 Å². The first kappa shape index (κ1) is 14.7. The first-order chi connectivity index (χ1) is 10.5. The molecule has 1 saturated heterocycles. The van der Waals surface area contributed by atoms with Gasteiger partial charge in [-0.1, -0.05) is 13.8 Å². The molecule has 7 atom stereocenters. The van der Waals surface area contributed by atoms with Gasteiger partial charge in [0.1, 0.15) is 6.29 Å². The predicted molar refractivity (Wildman–Crippen MR) is 85.1 cm³/mol. The van der Waals surface area contributed by atoms with E-state index in [2.05, 4.69) is 19.2 Å². The summed E-state index contributed by atoms with van der Waals surface area (Å²) in [7, 11) is 0. The fourth-order valence-electron chi connectivity index (χ4n) is 6.97. The number of hydrogen-bond donors (Lipinski definition) is 1. The second-order valence-corrected chi connectivity index (χ2v) is 8.94. The number of carbonyl (C=O) groups excluding carboxylic acids is 2. The van der Waals surface area contributed by atoms with Gasteiger partial charge in [-0.05, 0) is 73.5 Å². The molecule has 1 N–H and O–H groups in total. The minimum atomic E-state index is 0.253. The molecular weight excluding hydrogens is 274 g/mol. The van der Waals surface area contributed by atoms with Crippen molar-refractivity contribution in [3.63, 3.8) is 0 Å². The van der Waals surface area contributed by atoms with Crippen LogP contribution in [0.25, 0.3) is 0 Å². The van der Waals surface area contributed by atoms with Crippen LogP contribution < -0.4 is 5.32 Å². The van der Waals surface area contributed by atoms with Gasteiger partial charge in [0, 0.05) is 18.4 Å². The molecule has 1 amide bonds. The van der Waals surface area contributed by atoms with Crippen molar-refractivity contribution in [1.82, 2.24) is 5.32 Å². The van der Waals surface area contributed by atoms with Gasteiger partial charge < -0.3 is 10.1 Å². The van der Waals surface area contributed by atoms with Crippen molar-refractivity contribution in [3.8, 4) is 0 Å². The minimum absolute atomic E-state index is 0.253. The average Bonchev–Trinajstić information content (AvgIpc) is 2.84.